The van der Waals surface area contributed by atoms with Crippen molar-refractivity contribution in [3.8, 4) is 0 Å². The van der Waals surface area contributed by atoms with Crippen molar-refractivity contribution in [2.24, 2.45) is 0 Å². The SMILES string of the molecule is CCCNC(COCC)c1cncs1. The highest BCUT2D eigenvalue weighted by Crippen LogP contribution is 2.17. The molecule has 0 aromatic carbocycles. The van der Waals surface area contributed by atoms with Gasteiger partial charge in [-0.1, -0.05) is 6.92 Å². The monoisotopic (exact) mass is 214 g/mol. The minimum Gasteiger partial charge on any atom is -0.380 e. The quantitative estimate of drug-likeness (QED) is 0.755. The molecule has 80 valence electrons. The molecule has 1 aromatic heterocycles. The molecule has 1 N–H and O–H groups in total. The zero-order chi connectivity index (χ0) is 10.2. The highest BCUT2D eigenvalue weighted by Gasteiger charge is 2.11. The molecular weight excluding hydrogens is 196 g/mol. The van der Waals surface area contributed by atoms with Crippen molar-refractivity contribution >= 4 is 11.3 Å². The molecular formula is C10H18N2OS. The van der Waals surface area contributed by atoms with Crippen molar-refractivity contribution in [2.45, 2.75) is 26.3 Å². The van der Waals surface area contributed by atoms with Gasteiger partial charge in [0, 0.05) is 17.7 Å². The van der Waals surface area contributed by atoms with Crippen LogP contribution >= 0.6 is 11.3 Å². The van der Waals surface area contributed by atoms with Crippen LogP contribution in [0.15, 0.2) is 11.7 Å². The highest BCUT2D eigenvalue weighted by atomic mass is 32.1. The third-order valence-corrected chi connectivity index (χ3v) is 2.81. The molecule has 1 unspecified atom stereocenters. The number of nitrogens with one attached hydrogen (secondary N) is 1. The van der Waals surface area contributed by atoms with Crippen molar-refractivity contribution in [3.63, 3.8) is 0 Å². The van der Waals surface area contributed by atoms with E-state index >= 15 is 0 Å². The molecule has 0 fully saturated rings. The first-order chi connectivity index (χ1) is 6.88. The average molecular weight is 214 g/mol. The minimum atomic E-state index is 0.308. The van der Waals surface area contributed by atoms with Gasteiger partial charge in [0.2, 0.25) is 0 Å². The first-order valence-corrected chi connectivity index (χ1v) is 5.96. The Kier molecular flexibility index (Phi) is 5.75. The van der Waals surface area contributed by atoms with Crippen LogP contribution in [0.2, 0.25) is 0 Å². The molecule has 4 heteroatoms. The molecule has 0 amide bonds. The third-order valence-electron chi connectivity index (χ3n) is 1.92. The van der Waals surface area contributed by atoms with E-state index in [0.717, 1.165) is 26.2 Å². The second-order valence-electron chi connectivity index (χ2n) is 3.07. The summed E-state index contributed by atoms with van der Waals surface area (Å²) < 4.78 is 5.43. The lowest BCUT2D eigenvalue weighted by Gasteiger charge is -2.16. The Morgan fingerprint density at radius 1 is 1.57 bits per heavy atom. The van der Waals surface area contributed by atoms with Crippen LogP contribution in [0.4, 0.5) is 0 Å². The second-order valence-corrected chi connectivity index (χ2v) is 3.99. The molecule has 0 saturated heterocycles. The lowest BCUT2D eigenvalue weighted by molar-refractivity contribution is 0.124. The third kappa shape index (κ3) is 3.74. The summed E-state index contributed by atoms with van der Waals surface area (Å²) in [4.78, 5) is 5.34. The van der Waals surface area contributed by atoms with E-state index in [9.17, 15) is 0 Å². The van der Waals surface area contributed by atoms with Crippen LogP contribution < -0.4 is 5.32 Å². The van der Waals surface area contributed by atoms with E-state index in [1.807, 2.05) is 18.6 Å². The van der Waals surface area contributed by atoms with Crippen LogP contribution in [0.25, 0.3) is 0 Å². The smallest absolute Gasteiger partial charge is 0.0794 e. The van der Waals surface area contributed by atoms with Crippen LogP contribution in [0, 0.1) is 0 Å². The molecule has 0 aliphatic rings. The Hall–Kier alpha value is -0.450. The van der Waals surface area contributed by atoms with E-state index in [0.29, 0.717) is 6.04 Å². The fraction of sp³-hybridized carbons (Fsp3) is 0.700. The largest absolute Gasteiger partial charge is 0.380 e. The number of thiazole rings is 1. The van der Waals surface area contributed by atoms with E-state index in [2.05, 4.69) is 17.2 Å². The Bertz CT molecular complexity index is 218. The average Bonchev–Trinajstić information content (AvgIpc) is 2.71. The van der Waals surface area contributed by atoms with Crippen LogP contribution in [0.1, 0.15) is 31.2 Å². The van der Waals surface area contributed by atoms with Gasteiger partial charge in [0.15, 0.2) is 0 Å². The lowest BCUT2D eigenvalue weighted by atomic mass is 10.2. The maximum absolute atomic E-state index is 5.43. The van der Waals surface area contributed by atoms with Crippen LogP contribution in [0.5, 0.6) is 0 Å². The second kappa shape index (κ2) is 6.92. The summed E-state index contributed by atoms with van der Waals surface area (Å²) in [6, 6.07) is 0.308. The molecule has 0 bridgehead atoms. The number of ether oxygens (including phenoxy) is 1. The summed E-state index contributed by atoms with van der Waals surface area (Å²) in [6.45, 7) is 6.71. The first kappa shape index (κ1) is 11.6. The maximum Gasteiger partial charge on any atom is 0.0794 e. The summed E-state index contributed by atoms with van der Waals surface area (Å²) in [7, 11) is 0. The van der Waals surface area contributed by atoms with Gasteiger partial charge in [-0.2, -0.15) is 0 Å². The summed E-state index contributed by atoms with van der Waals surface area (Å²) in [5.74, 6) is 0. The van der Waals surface area contributed by atoms with E-state index in [1.165, 1.54) is 4.88 Å². The van der Waals surface area contributed by atoms with Gasteiger partial charge in [-0.25, -0.2) is 0 Å². The van der Waals surface area contributed by atoms with Gasteiger partial charge in [0.05, 0.1) is 18.2 Å². The molecule has 0 aliphatic heterocycles. The van der Waals surface area contributed by atoms with Gasteiger partial charge < -0.3 is 10.1 Å². The van der Waals surface area contributed by atoms with Gasteiger partial charge in [-0.05, 0) is 19.9 Å². The van der Waals surface area contributed by atoms with E-state index in [4.69, 9.17) is 4.74 Å². The Morgan fingerprint density at radius 2 is 2.43 bits per heavy atom. The van der Waals surface area contributed by atoms with E-state index in [1.54, 1.807) is 11.3 Å². The first-order valence-electron chi connectivity index (χ1n) is 5.08. The fourth-order valence-corrected chi connectivity index (χ4v) is 1.87. The molecule has 0 saturated carbocycles. The molecule has 3 nitrogen and oxygen atoms in total. The van der Waals surface area contributed by atoms with Gasteiger partial charge in [-0.15, -0.1) is 11.3 Å². The highest BCUT2D eigenvalue weighted by molar-refractivity contribution is 7.09. The lowest BCUT2D eigenvalue weighted by Crippen LogP contribution is -2.25. The predicted octanol–water partition coefficient (Wildman–Crippen LogP) is 2.22. The number of aromatic nitrogens is 1. The number of rotatable bonds is 7. The Morgan fingerprint density at radius 3 is 3.00 bits per heavy atom. The van der Waals surface area contributed by atoms with E-state index in [-0.39, 0.29) is 0 Å². The maximum atomic E-state index is 5.43. The van der Waals surface area contributed by atoms with Gasteiger partial charge in [0.25, 0.3) is 0 Å². The van der Waals surface area contributed by atoms with Gasteiger partial charge in [0.1, 0.15) is 0 Å². The normalized spacial score (nSPS) is 13.0. The van der Waals surface area contributed by atoms with Crippen molar-refractivity contribution in [1.29, 1.82) is 0 Å². The van der Waals surface area contributed by atoms with Crippen molar-refractivity contribution in [3.05, 3.63) is 16.6 Å². The van der Waals surface area contributed by atoms with Crippen molar-refractivity contribution < 1.29 is 4.74 Å². The molecule has 0 aliphatic carbocycles. The molecule has 0 radical (unpaired) electrons. The molecule has 0 spiro atoms. The van der Waals surface area contributed by atoms with Crippen LogP contribution in [-0.2, 0) is 4.74 Å². The zero-order valence-electron chi connectivity index (χ0n) is 8.82. The van der Waals surface area contributed by atoms with Gasteiger partial charge >= 0.3 is 0 Å². The summed E-state index contributed by atoms with van der Waals surface area (Å²) >= 11 is 1.68. The zero-order valence-corrected chi connectivity index (χ0v) is 9.64. The fourth-order valence-electron chi connectivity index (χ4n) is 1.19. The van der Waals surface area contributed by atoms with Crippen molar-refractivity contribution in [2.75, 3.05) is 19.8 Å². The molecule has 14 heavy (non-hydrogen) atoms. The topological polar surface area (TPSA) is 34.1 Å². The Labute approximate surface area is 89.5 Å². The minimum absolute atomic E-state index is 0.308. The molecule has 1 atom stereocenters. The standard InChI is InChI=1S/C10H18N2OS/c1-3-5-12-9(7-13-4-2)10-6-11-8-14-10/h6,8-9,12H,3-5,7H2,1-2H3. The Balaban J connectivity index is 2.44. The van der Waals surface area contributed by atoms with Crippen molar-refractivity contribution in [1.82, 2.24) is 10.3 Å². The molecule has 1 aromatic rings. The predicted molar refractivity (Wildman–Crippen MR) is 59.6 cm³/mol. The van der Waals surface area contributed by atoms with Crippen LogP contribution in [-0.4, -0.2) is 24.7 Å². The molecule has 1 rings (SSSR count). The van der Waals surface area contributed by atoms with Crippen LogP contribution in [0.3, 0.4) is 0 Å². The summed E-state index contributed by atoms with van der Waals surface area (Å²) in [5.41, 5.74) is 1.86. The molecule has 1 heterocycles. The van der Waals surface area contributed by atoms with E-state index < -0.39 is 0 Å². The number of hydrogen-bond donors (Lipinski definition) is 1. The number of nitrogens with zero attached hydrogens (tertiary/aromatic N) is 1. The summed E-state index contributed by atoms with van der Waals surface area (Å²) in [6.07, 6.45) is 3.05. The summed E-state index contributed by atoms with van der Waals surface area (Å²) in [5, 5.41) is 3.45. The number of hydrogen-bond acceptors (Lipinski definition) is 4. The van der Waals surface area contributed by atoms with Gasteiger partial charge in [-0.3, -0.25) is 4.98 Å².